The Bertz CT molecular complexity index is 788. The topological polar surface area (TPSA) is 54.0 Å². The molecule has 0 aliphatic heterocycles. The number of anilines is 3. The Hall–Kier alpha value is -2.37. The number of benzene rings is 1. The number of thiophene rings is 1. The van der Waals surface area contributed by atoms with Crippen molar-refractivity contribution in [3.8, 4) is 0 Å². The number of hydrogen-bond acceptors (Lipinski definition) is 4. The van der Waals surface area contributed by atoms with E-state index in [1.165, 1.54) is 0 Å². The zero-order chi connectivity index (χ0) is 16.1. The molecule has 23 heavy (non-hydrogen) atoms. The van der Waals surface area contributed by atoms with Gasteiger partial charge in [0.05, 0.1) is 18.3 Å². The highest BCUT2D eigenvalue weighted by Gasteiger charge is 2.06. The summed E-state index contributed by atoms with van der Waals surface area (Å²) in [6.07, 6.45) is 2.03. The number of nitrogens with one attached hydrogen (secondary N) is 2. The average Bonchev–Trinajstić information content (AvgIpc) is 3.02. The number of pyridine rings is 1. The molecule has 3 aromatic rings. The van der Waals surface area contributed by atoms with Gasteiger partial charge in [0.1, 0.15) is 5.82 Å². The maximum Gasteiger partial charge on any atom is 0.230 e. The van der Waals surface area contributed by atoms with E-state index in [1.807, 2.05) is 47.8 Å². The monoisotopic (exact) mass is 343 g/mol. The number of aromatic nitrogens is 1. The highest BCUT2D eigenvalue weighted by Crippen LogP contribution is 2.20. The van der Waals surface area contributed by atoms with Gasteiger partial charge >= 0.3 is 0 Å². The van der Waals surface area contributed by atoms with Gasteiger partial charge in [0.25, 0.3) is 0 Å². The molecule has 0 saturated carbocycles. The van der Waals surface area contributed by atoms with E-state index in [2.05, 4.69) is 15.6 Å². The third kappa shape index (κ3) is 4.55. The van der Waals surface area contributed by atoms with Crippen molar-refractivity contribution in [3.63, 3.8) is 0 Å². The lowest BCUT2D eigenvalue weighted by Crippen LogP contribution is -2.14. The van der Waals surface area contributed by atoms with E-state index in [0.717, 1.165) is 16.3 Å². The summed E-state index contributed by atoms with van der Waals surface area (Å²) in [6, 6.07) is 14.9. The molecule has 2 N–H and O–H groups in total. The second-order valence-electron chi connectivity index (χ2n) is 4.87. The van der Waals surface area contributed by atoms with Crippen LogP contribution in [0.4, 0.5) is 17.2 Å². The van der Waals surface area contributed by atoms with E-state index in [4.69, 9.17) is 11.6 Å². The summed E-state index contributed by atoms with van der Waals surface area (Å²) in [7, 11) is 0. The van der Waals surface area contributed by atoms with Crippen molar-refractivity contribution in [2.75, 3.05) is 10.6 Å². The fourth-order valence-corrected chi connectivity index (χ4v) is 2.93. The third-order valence-corrected chi connectivity index (χ3v) is 4.17. The molecule has 0 fully saturated rings. The first kappa shape index (κ1) is 15.5. The fourth-order valence-electron chi connectivity index (χ4n) is 2.03. The van der Waals surface area contributed by atoms with Gasteiger partial charge in [0.15, 0.2) is 0 Å². The molecule has 0 aliphatic rings. The quantitative estimate of drug-likeness (QED) is 0.704. The molecule has 3 rings (SSSR count). The van der Waals surface area contributed by atoms with Crippen LogP contribution in [-0.4, -0.2) is 10.9 Å². The van der Waals surface area contributed by atoms with Crippen LogP contribution in [0.1, 0.15) is 4.88 Å². The maximum atomic E-state index is 11.9. The van der Waals surface area contributed by atoms with Crippen LogP contribution in [0.2, 0.25) is 5.02 Å². The Morgan fingerprint density at radius 1 is 1.13 bits per heavy atom. The lowest BCUT2D eigenvalue weighted by molar-refractivity contribution is -0.115. The van der Waals surface area contributed by atoms with Gasteiger partial charge in [0.2, 0.25) is 5.91 Å². The summed E-state index contributed by atoms with van der Waals surface area (Å²) in [5.74, 6) is 0.457. The minimum atomic E-state index is -0.0736. The van der Waals surface area contributed by atoms with Crippen LogP contribution >= 0.6 is 22.9 Å². The Morgan fingerprint density at radius 3 is 2.74 bits per heavy atom. The van der Waals surface area contributed by atoms with E-state index in [0.29, 0.717) is 17.3 Å². The van der Waals surface area contributed by atoms with Crippen LogP contribution in [0.3, 0.4) is 0 Å². The van der Waals surface area contributed by atoms with Crippen LogP contribution < -0.4 is 10.6 Å². The molecule has 1 amide bonds. The van der Waals surface area contributed by atoms with Crippen LogP contribution in [0.5, 0.6) is 0 Å². The van der Waals surface area contributed by atoms with E-state index >= 15 is 0 Å². The van der Waals surface area contributed by atoms with Crippen LogP contribution in [0.25, 0.3) is 0 Å². The summed E-state index contributed by atoms with van der Waals surface area (Å²) >= 11 is 7.51. The predicted octanol–water partition coefficient (Wildman–Crippen LogP) is 4.72. The third-order valence-electron chi connectivity index (χ3n) is 3.06. The van der Waals surface area contributed by atoms with Gasteiger partial charge in [-0.2, -0.15) is 0 Å². The van der Waals surface area contributed by atoms with Gasteiger partial charge < -0.3 is 10.6 Å². The number of halogens is 1. The molecule has 1 aromatic carbocycles. The minimum absolute atomic E-state index is 0.0736. The van der Waals surface area contributed by atoms with E-state index in [9.17, 15) is 4.79 Å². The summed E-state index contributed by atoms with van der Waals surface area (Å²) in [5.41, 5.74) is 1.71. The standard InChI is InChI=1S/C17H14ClN3OS/c18-12-3-1-4-13(9-12)20-14-6-7-16(19-11-14)21-17(22)10-15-5-2-8-23-15/h1-9,11,20H,10H2,(H,19,21,22). The van der Waals surface area contributed by atoms with Gasteiger partial charge in [-0.3, -0.25) is 4.79 Å². The van der Waals surface area contributed by atoms with Crippen molar-refractivity contribution in [2.24, 2.45) is 0 Å². The maximum absolute atomic E-state index is 11.9. The Balaban J connectivity index is 1.59. The lowest BCUT2D eigenvalue weighted by atomic mass is 10.3. The zero-order valence-electron chi connectivity index (χ0n) is 12.1. The van der Waals surface area contributed by atoms with E-state index < -0.39 is 0 Å². The molecule has 0 unspecified atom stereocenters. The zero-order valence-corrected chi connectivity index (χ0v) is 13.7. The molecule has 116 valence electrons. The molecule has 2 heterocycles. The van der Waals surface area contributed by atoms with Gasteiger partial charge in [-0.1, -0.05) is 23.7 Å². The summed E-state index contributed by atoms with van der Waals surface area (Å²) in [4.78, 5) is 17.2. The second kappa shape index (κ2) is 7.26. The molecule has 2 aromatic heterocycles. The first-order valence-corrected chi connectivity index (χ1v) is 8.26. The lowest BCUT2D eigenvalue weighted by Gasteiger charge is -2.08. The SMILES string of the molecule is O=C(Cc1cccs1)Nc1ccc(Nc2cccc(Cl)c2)cn1. The largest absolute Gasteiger partial charge is 0.354 e. The van der Waals surface area contributed by atoms with Gasteiger partial charge in [-0.05, 0) is 41.8 Å². The predicted molar refractivity (Wildman–Crippen MR) is 95.6 cm³/mol. The number of carbonyl (C=O) groups is 1. The highest BCUT2D eigenvalue weighted by molar-refractivity contribution is 7.10. The molecule has 6 heteroatoms. The first-order valence-electron chi connectivity index (χ1n) is 7.00. The van der Waals surface area contributed by atoms with Crippen LogP contribution in [0.15, 0.2) is 60.1 Å². The molecule has 0 radical (unpaired) electrons. The van der Waals surface area contributed by atoms with Gasteiger partial charge in [-0.25, -0.2) is 4.98 Å². The molecular formula is C17H14ClN3OS. The molecule has 4 nitrogen and oxygen atoms in total. The summed E-state index contributed by atoms with van der Waals surface area (Å²) in [6.45, 7) is 0. The molecule has 0 atom stereocenters. The highest BCUT2D eigenvalue weighted by atomic mass is 35.5. The normalized spacial score (nSPS) is 10.3. The van der Waals surface area contributed by atoms with Crippen molar-refractivity contribution in [1.29, 1.82) is 0 Å². The van der Waals surface area contributed by atoms with Crippen LogP contribution in [0, 0.1) is 0 Å². The first-order chi connectivity index (χ1) is 11.2. The van der Waals surface area contributed by atoms with Crippen molar-refractivity contribution >= 4 is 46.0 Å². The average molecular weight is 344 g/mol. The smallest absolute Gasteiger partial charge is 0.230 e. The molecule has 0 saturated heterocycles. The molecule has 0 aliphatic carbocycles. The number of carbonyl (C=O) groups excluding carboxylic acids is 1. The second-order valence-corrected chi connectivity index (χ2v) is 6.34. The van der Waals surface area contributed by atoms with E-state index in [1.54, 1.807) is 23.6 Å². The molecular weight excluding hydrogens is 330 g/mol. The number of rotatable bonds is 5. The summed E-state index contributed by atoms with van der Waals surface area (Å²) in [5, 5.41) is 8.61. The Kier molecular flexibility index (Phi) is 4.90. The Labute approximate surface area is 143 Å². The fraction of sp³-hybridized carbons (Fsp3) is 0.0588. The molecule has 0 bridgehead atoms. The summed E-state index contributed by atoms with van der Waals surface area (Å²) < 4.78 is 0. The Morgan fingerprint density at radius 2 is 2.04 bits per heavy atom. The number of hydrogen-bond donors (Lipinski definition) is 2. The van der Waals surface area contributed by atoms with Crippen molar-refractivity contribution in [2.45, 2.75) is 6.42 Å². The van der Waals surface area contributed by atoms with Crippen molar-refractivity contribution in [1.82, 2.24) is 4.98 Å². The van der Waals surface area contributed by atoms with Crippen molar-refractivity contribution < 1.29 is 4.79 Å². The minimum Gasteiger partial charge on any atom is -0.354 e. The number of amides is 1. The molecule has 0 spiro atoms. The van der Waals surface area contributed by atoms with Gasteiger partial charge in [0, 0.05) is 15.6 Å². The van der Waals surface area contributed by atoms with Crippen LogP contribution in [-0.2, 0) is 11.2 Å². The number of nitrogens with zero attached hydrogens (tertiary/aromatic N) is 1. The van der Waals surface area contributed by atoms with Crippen molar-refractivity contribution in [3.05, 3.63) is 70.0 Å². The van der Waals surface area contributed by atoms with Gasteiger partial charge in [-0.15, -0.1) is 11.3 Å². The van der Waals surface area contributed by atoms with E-state index in [-0.39, 0.29) is 5.91 Å².